The monoisotopic (exact) mass is 269 g/mol. The Morgan fingerprint density at radius 1 is 1.30 bits per heavy atom. The van der Waals surface area contributed by atoms with Crippen LogP contribution in [0.2, 0.25) is 0 Å². The second-order valence-electron chi connectivity index (χ2n) is 6.46. The quantitative estimate of drug-likeness (QED) is 0.784. The van der Waals surface area contributed by atoms with Crippen LogP contribution in [0.3, 0.4) is 0 Å². The Kier molecular flexibility index (Phi) is 3.65. The molecule has 2 aliphatic rings. The van der Waals surface area contributed by atoms with Crippen LogP contribution < -0.4 is 4.90 Å². The lowest BCUT2D eigenvalue weighted by atomic mass is 9.92. The van der Waals surface area contributed by atoms with Crippen LogP contribution in [0.25, 0.3) is 0 Å². The maximum atomic E-state index is 9.47. The van der Waals surface area contributed by atoms with Crippen molar-refractivity contribution < 1.29 is 0 Å². The zero-order valence-electron chi connectivity index (χ0n) is 12.5. The molecule has 3 rings (SSSR count). The van der Waals surface area contributed by atoms with Crippen molar-refractivity contribution in [3.63, 3.8) is 0 Å². The normalized spacial score (nSPS) is 25.9. The minimum absolute atomic E-state index is 0.486. The van der Waals surface area contributed by atoms with Crippen molar-refractivity contribution in [3.8, 4) is 6.07 Å². The molecule has 20 heavy (non-hydrogen) atoms. The molecule has 2 unspecified atom stereocenters. The summed E-state index contributed by atoms with van der Waals surface area (Å²) < 4.78 is 0. The van der Waals surface area contributed by atoms with E-state index in [0.717, 1.165) is 36.7 Å². The molecule has 1 aromatic heterocycles. The SMILES string of the molecule is CC1CCN(c2nc3c(cc2C#N)CCCC3)C(C)C1. The largest absolute Gasteiger partial charge is 0.353 e. The molecule has 0 spiro atoms. The number of nitrogens with zero attached hydrogens (tertiary/aromatic N) is 3. The van der Waals surface area contributed by atoms with E-state index in [-0.39, 0.29) is 0 Å². The predicted octanol–water partition coefficient (Wildman–Crippen LogP) is 3.46. The predicted molar refractivity (Wildman–Crippen MR) is 80.8 cm³/mol. The van der Waals surface area contributed by atoms with Crippen LogP contribution in [0.15, 0.2) is 6.07 Å². The molecule has 1 aliphatic heterocycles. The third-order valence-electron chi connectivity index (χ3n) is 4.81. The molecule has 0 amide bonds. The molecule has 0 bridgehead atoms. The molecular weight excluding hydrogens is 246 g/mol. The number of anilines is 1. The minimum atomic E-state index is 0.486. The summed E-state index contributed by atoms with van der Waals surface area (Å²) in [6.45, 7) is 5.61. The third kappa shape index (κ3) is 2.40. The van der Waals surface area contributed by atoms with Gasteiger partial charge in [0.05, 0.1) is 5.56 Å². The van der Waals surface area contributed by atoms with Gasteiger partial charge in [-0.2, -0.15) is 5.26 Å². The van der Waals surface area contributed by atoms with Crippen LogP contribution >= 0.6 is 0 Å². The van der Waals surface area contributed by atoms with Gasteiger partial charge in [-0.3, -0.25) is 0 Å². The van der Waals surface area contributed by atoms with E-state index in [4.69, 9.17) is 4.98 Å². The first kappa shape index (κ1) is 13.4. The van der Waals surface area contributed by atoms with Gasteiger partial charge < -0.3 is 4.90 Å². The molecule has 1 aliphatic carbocycles. The first-order chi connectivity index (χ1) is 9.69. The Balaban J connectivity index is 1.98. The van der Waals surface area contributed by atoms with E-state index in [1.807, 2.05) is 0 Å². The summed E-state index contributed by atoms with van der Waals surface area (Å²) >= 11 is 0. The van der Waals surface area contributed by atoms with Crippen molar-refractivity contribution in [1.82, 2.24) is 4.98 Å². The van der Waals surface area contributed by atoms with Crippen molar-refractivity contribution in [1.29, 1.82) is 5.26 Å². The van der Waals surface area contributed by atoms with Crippen molar-refractivity contribution >= 4 is 5.82 Å². The molecule has 0 saturated carbocycles. The number of nitriles is 1. The molecule has 1 saturated heterocycles. The summed E-state index contributed by atoms with van der Waals surface area (Å²) in [6.07, 6.45) is 7.03. The van der Waals surface area contributed by atoms with Gasteiger partial charge in [-0.15, -0.1) is 0 Å². The van der Waals surface area contributed by atoms with Crippen LogP contribution in [0.4, 0.5) is 5.82 Å². The Hall–Kier alpha value is -1.56. The number of hydrogen-bond acceptors (Lipinski definition) is 3. The minimum Gasteiger partial charge on any atom is -0.353 e. The molecule has 1 aromatic rings. The molecule has 3 heteroatoms. The fraction of sp³-hybridized carbons (Fsp3) is 0.647. The van der Waals surface area contributed by atoms with Gasteiger partial charge in [0.1, 0.15) is 11.9 Å². The van der Waals surface area contributed by atoms with E-state index < -0.39 is 0 Å². The molecule has 3 nitrogen and oxygen atoms in total. The summed E-state index contributed by atoms with van der Waals surface area (Å²) in [4.78, 5) is 7.24. The molecular formula is C17H23N3. The Labute approximate surface area is 121 Å². The molecule has 1 fully saturated rings. The van der Waals surface area contributed by atoms with E-state index in [1.54, 1.807) is 0 Å². The topological polar surface area (TPSA) is 39.9 Å². The third-order valence-corrected chi connectivity index (χ3v) is 4.81. The summed E-state index contributed by atoms with van der Waals surface area (Å²) in [7, 11) is 0. The molecule has 2 atom stereocenters. The van der Waals surface area contributed by atoms with Crippen molar-refractivity contribution in [2.24, 2.45) is 5.92 Å². The fourth-order valence-corrected chi connectivity index (χ4v) is 3.65. The zero-order chi connectivity index (χ0) is 14.1. The molecule has 0 N–H and O–H groups in total. The van der Waals surface area contributed by atoms with Gasteiger partial charge in [0.25, 0.3) is 0 Å². The lowest BCUT2D eigenvalue weighted by Crippen LogP contribution is -2.41. The van der Waals surface area contributed by atoms with Crippen molar-refractivity contribution in [2.75, 3.05) is 11.4 Å². The number of piperidine rings is 1. The van der Waals surface area contributed by atoms with E-state index in [1.165, 1.54) is 36.9 Å². The van der Waals surface area contributed by atoms with Gasteiger partial charge in [0.15, 0.2) is 0 Å². The van der Waals surface area contributed by atoms with Gasteiger partial charge in [-0.05, 0) is 63.0 Å². The second kappa shape index (κ2) is 5.44. The van der Waals surface area contributed by atoms with E-state index in [2.05, 4.69) is 30.9 Å². The van der Waals surface area contributed by atoms with Crippen LogP contribution in [0.5, 0.6) is 0 Å². The summed E-state index contributed by atoms with van der Waals surface area (Å²) in [5.74, 6) is 1.72. The van der Waals surface area contributed by atoms with Gasteiger partial charge in [-0.25, -0.2) is 4.98 Å². The number of rotatable bonds is 1. The van der Waals surface area contributed by atoms with Gasteiger partial charge in [0, 0.05) is 18.3 Å². The lowest BCUT2D eigenvalue weighted by Gasteiger charge is -2.38. The number of hydrogen-bond donors (Lipinski definition) is 0. The highest BCUT2D eigenvalue weighted by Gasteiger charge is 2.27. The van der Waals surface area contributed by atoms with E-state index >= 15 is 0 Å². The van der Waals surface area contributed by atoms with Crippen LogP contribution in [0.1, 0.15) is 56.4 Å². The van der Waals surface area contributed by atoms with Gasteiger partial charge in [-0.1, -0.05) is 6.92 Å². The average molecular weight is 269 g/mol. The van der Waals surface area contributed by atoms with E-state index in [0.29, 0.717) is 6.04 Å². The Morgan fingerprint density at radius 2 is 2.10 bits per heavy atom. The highest BCUT2D eigenvalue weighted by molar-refractivity contribution is 5.57. The van der Waals surface area contributed by atoms with E-state index in [9.17, 15) is 5.26 Å². The van der Waals surface area contributed by atoms with Crippen LogP contribution in [-0.4, -0.2) is 17.6 Å². The number of pyridine rings is 1. The number of fused-ring (bicyclic) bond motifs is 1. The number of aryl methyl sites for hydroxylation is 2. The molecule has 0 aromatic carbocycles. The maximum absolute atomic E-state index is 9.47. The first-order valence-corrected chi connectivity index (χ1v) is 7.88. The zero-order valence-corrected chi connectivity index (χ0v) is 12.5. The van der Waals surface area contributed by atoms with Crippen molar-refractivity contribution in [2.45, 2.75) is 58.4 Å². The average Bonchev–Trinajstić information content (AvgIpc) is 2.46. The lowest BCUT2D eigenvalue weighted by molar-refractivity contribution is 0.375. The summed E-state index contributed by atoms with van der Waals surface area (Å²) in [5, 5.41) is 9.47. The van der Waals surface area contributed by atoms with Crippen LogP contribution in [-0.2, 0) is 12.8 Å². The highest BCUT2D eigenvalue weighted by Crippen LogP contribution is 2.31. The van der Waals surface area contributed by atoms with Crippen LogP contribution in [0, 0.1) is 17.2 Å². The summed E-state index contributed by atoms with van der Waals surface area (Å²) in [6, 6.07) is 4.96. The Morgan fingerprint density at radius 3 is 2.85 bits per heavy atom. The van der Waals surface area contributed by atoms with Gasteiger partial charge in [0.2, 0.25) is 0 Å². The fourth-order valence-electron chi connectivity index (χ4n) is 3.65. The first-order valence-electron chi connectivity index (χ1n) is 7.88. The number of aromatic nitrogens is 1. The Bertz CT molecular complexity index is 544. The standard InChI is InChI=1S/C17H23N3/c1-12-7-8-20(13(2)9-12)17-15(11-18)10-14-5-3-4-6-16(14)19-17/h10,12-13H,3-9H2,1-2H3. The van der Waals surface area contributed by atoms with Crippen molar-refractivity contribution in [3.05, 3.63) is 22.9 Å². The molecule has 0 radical (unpaired) electrons. The molecule has 2 heterocycles. The molecule has 106 valence electrons. The summed E-state index contributed by atoms with van der Waals surface area (Å²) in [5.41, 5.74) is 3.30. The highest BCUT2D eigenvalue weighted by atomic mass is 15.2. The maximum Gasteiger partial charge on any atom is 0.147 e. The smallest absolute Gasteiger partial charge is 0.147 e. The second-order valence-corrected chi connectivity index (χ2v) is 6.46. The van der Waals surface area contributed by atoms with Gasteiger partial charge >= 0.3 is 0 Å².